The van der Waals surface area contributed by atoms with E-state index in [1.807, 2.05) is 30.0 Å². The molecular weight excluding hydrogens is 336 g/mol. The molecule has 1 heterocycles. The van der Waals surface area contributed by atoms with E-state index in [9.17, 15) is 9.59 Å². The van der Waals surface area contributed by atoms with Gasteiger partial charge in [0.25, 0.3) is 0 Å². The number of nitrogens with one attached hydrogen (secondary N) is 1. The number of carbonyl (C=O) groups is 2. The molecule has 1 aromatic carbocycles. The monoisotopic (exact) mass is 354 g/mol. The van der Waals surface area contributed by atoms with Crippen LogP contribution in [0.2, 0.25) is 0 Å². The van der Waals surface area contributed by atoms with Crippen molar-refractivity contribution in [2.75, 3.05) is 25.0 Å². The van der Waals surface area contributed by atoms with Crippen molar-refractivity contribution in [3.63, 3.8) is 0 Å². The molecular formula is C15H19BrN2O3. The Morgan fingerprint density at radius 2 is 2.14 bits per heavy atom. The van der Waals surface area contributed by atoms with Gasteiger partial charge in [-0.15, -0.1) is 0 Å². The number of hydrogen-bond donors (Lipinski definition) is 2. The third-order valence-corrected chi connectivity index (χ3v) is 4.78. The molecule has 0 aromatic heterocycles. The van der Waals surface area contributed by atoms with Crippen LogP contribution < -0.4 is 5.32 Å². The lowest BCUT2D eigenvalue weighted by atomic mass is 9.87. The number of likely N-dealkylation sites (tertiary alicyclic amines) is 1. The summed E-state index contributed by atoms with van der Waals surface area (Å²) < 4.78 is 1.01. The number of aryl methyl sites for hydroxylation is 1. The third-order valence-electron chi connectivity index (χ3n) is 3.89. The molecule has 0 aliphatic carbocycles. The Bertz CT molecular complexity index is 556. The first-order chi connectivity index (χ1) is 9.86. The minimum atomic E-state index is -0.769. The summed E-state index contributed by atoms with van der Waals surface area (Å²) in [5.74, 6) is -1.05. The third kappa shape index (κ3) is 4.04. The van der Waals surface area contributed by atoms with Crippen molar-refractivity contribution in [2.45, 2.75) is 13.8 Å². The van der Waals surface area contributed by atoms with Crippen molar-refractivity contribution in [2.24, 2.45) is 11.8 Å². The van der Waals surface area contributed by atoms with E-state index in [0.29, 0.717) is 19.6 Å². The predicted octanol–water partition coefficient (Wildman–Crippen LogP) is 2.35. The van der Waals surface area contributed by atoms with Crippen molar-refractivity contribution in [3.8, 4) is 0 Å². The van der Waals surface area contributed by atoms with Crippen LogP contribution in [0.3, 0.4) is 0 Å². The fraction of sp³-hybridized carbons (Fsp3) is 0.467. The van der Waals surface area contributed by atoms with Gasteiger partial charge in [-0.3, -0.25) is 14.5 Å². The van der Waals surface area contributed by atoms with E-state index in [4.69, 9.17) is 5.11 Å². The molecule has 1 fully saturated rings. The average molecular weight is 355 g/mol. The maximum atomic E-state index is 11.9. The number of carbonyl (C=O) groups excluding carboxylic acids is 1. The minimum Gasteiger partial charge on any atom is -0.481 e. The van der Waals surface area contributed by atoms with Gasteiger partial charge in [0.2, 0.25) is 5.91 Å². The Morgan fingerprint density at radius 3 is 2.71 bits per heavy atom. The first kappa shape index (κ1) is 16.0. The van der Waals surface area contributed by atoms with Crippen LogP contribution in [0.5, 0.6) is 0 Å². The number of carboxylic acids is 1. The molecule has 1 saturated heterocycles. The second-order valence-corrected chi connectivity index (χ2v) is 6.45. The number of carboxylic acid groups (broad SMARTS) is 1. The van der Waals surface area contributed by atoms with E-state index < -0.39 is 5.97 Å². The highest BCUT2D eigenvalue weighted by Crippen LogP contribution is 2.24. The van der Waals surface area contributed by atoms with Gasteiger partial charge in [-0.2, -0.15) is 0 Å². The minimum absolute atomic E-state index is 0.0712. The summed E-state index contributed by atoms with van der Waals surface area (Å²) in [6.07, 6.45) is 0. The lowest BCUT2D eigenvalue weighted by Crippen LogP contribution is -2.53. The van der Waals surface area contributed by atoms with Crippen LogP contribution in [-0.4, -0.2) is 41.5 Å². The molecule has 0 bridgehead atoms. The Hall–Kier alpha value is -1.40. The van der Waals surface area contributed by atoms with Gasteiger partial charge in [0.05, 0.1) is 12.5 Å². The van der Waals surface area contributed by atoms with Crippen molar-refractivity contribution < 1.29 is 14.7 Å². The Kier molecular flexibility index (Phi) is 5.00. The fourth-order valence-corrected chi connectivity index (χ4v) is 2.63. The summed E-state index contributed by atoms with van der Waals surface area (Å²) in [4.78, 5) is 24.8. The van der Waals surface area contributed by atoms with E-state index in [-0.39, 0.29) is 17.7 Å². The van der Waals surface area contributed by atoms with Gasteiger partial charge in [-0.05, 0) is 36.6 Å². The van der Waals surface area contributed by atoms with Crippen LogP contribution in [-0.2, 0) is 9.59 Å². The molecule has 1 aliphatic rings. The zero-order chi connectivity index (χ0) is 15.6. The molecule has 21 heavy (non-hydrogen) atoms. The zero-order valence-corrected chi connectivity index (χ0v) is 13.7. The number of anilines is 1. The summed E-state index contributed by atoms with van der Waals surface area (Å²) in [5, 5.41) is 11.8. The SMILES string of the molecule is Cc1cc(NC(=O)CN2CC(C(C)C(=O)O)C2)ccc1Br. The highest BCUT2D eigenvalue weighted by atomic mass is 79.9. The molecule has 5 nitrogen and oxygen atoms in total. The fourth-order valence-electron chi connectivity index (χ4n) is 2.38. The normalized spacial score (nSPS) is 17.1. The predicted molar refractivity (Wildman–Crippen MR) is 84.2 cm³/mol. The Morgan fingerprint density at radius 1 is 1.48 bits per heavy atom. The van der Waals surface area contributed by atoms with E-state index in [1.165, 1.54) is 0 Å². The van der Waals surface area contributed by atoms with Crippen LogP contribution >= 0.6 is 15.9 Å². The second-order valence-electron chi connectivity index (χ2n) is 5.59. The van der Waals surface area contributed by atoms with Gasteiger partial charge in [0, 0.05) is 23.2 Å². The van der Waals surface area contributed by atoms with Crippen molar-refractivity contribution in [1.82, 2.24) is 4.90 Å². The molecule has 1 unspecified atom stereocenters. The molecule has 0 spiro atoms. The van der Waals surface area contributed by atoms with E-state index in [0.717, 1.165) is 15.7 Å². The summed E-state index contributed by atoms with van der Waals surface area (Å²) in [6, 6.07) is 5.66. The molecule has 0 radical (unpaired) electrons. The number of rotatable bonds is 5. The molecule has 2 rings (SSSR count). The quantitative estimate of drug-likeness (QED) is 0.851. The first-order valence-electron chi connectivity index (χ1n) is 6.88. The average Bonchev–Trinajstić information content (AvgIpc) is 2.37. The lowest BCUT2D eigenvalue weighted by molar-refractivity contribution is -0.145. The molecule has 1 aromatic rings. The molecule has 114 valence electrons. The second kappa shape index (κ2) is 6.58. The maximum Gasteiger partial charge on any atom is 0.306 e. The molecule has 2 N–H and O–H groups in total. The lowest BCUT2D eigenvalue weighted by Gasteiger charge is -2.40. The highest BCUT2D eigenvalue weighted by molar-refractivity contribution is 9.10. The van der Waals surface area contributed by atoms with E-state index >= 15 is 0 Å². The Labute approximate surface area is 132 Å². The van der Waals surface area contributed by atoms with Crippen LogP contribution in [0.15, 0.2) is 22.7 Å². The van der Waals surface area contributed by atoms with Gasteiger partial charge in [0.15, 0.2) is 0 Å². The van der Waals surface area contributed by atoms with E-state index in [1.54, 1.807) is 6.92 Å². The first-order valence-corrected chi connectivity index (χ1v) is 7.67. The molecule has 0 saturated carbocycles. The maximum absolute atomic E-state index is 11.9. The van der Waals surface area contributed by atoms with Crippen LogP contribution in [0, 0.1) is 18.8 Å². The van der Waals surface area contributed by atoms with Crippen LogP contribution in [0.4, 0.5) is 5.69 Å². The number of aliphatic carboxylic acids is 1. The Balaban J connectivity index is 1.79. The standard InChI is InChI=1S/C15H19BrN2O3/c1-9-5-12(3-4-13(9)16)17-14(19)8-18-6-11(7-18)10(2)15(20)21/h3-5,10-11H,6-8H2,1-2H3,(H,17,19)(H,20,21). The molecule has 1 atom stereocenters. The number of hydrogen-bond acceptors (Lipinski definition) is 3. The topological polar surface area (TPSA) is 69.6 Å². The summed E-state index contributed by atoms with van der Waals surface area (Å²) in [7, 11) is 0. The largest absolute Gasteiger partial charge is 0.481 e. The van der Waals surface area contributed by atoms with Gasteiger partial charge >= 0.3 is 5.97 Å². The van der Waals surface area contributed by atoms with Gasteiger partial charge in [0.1, 0.15) is 0 Å². The molecule has 6 heteroatoms. The highest BCUT2D eigenvalue weighted by Gasteiger charge is 2.35. The summed E-state index contributed by atoms with van der Waals surface area (Å²) in [6.45, 7) is 5.32. The number of amides is 1. The van der Waals surface area contributed by atoms with Crippen LogP contribution in [0.25, 0.3) is 0 Å². The summed E-state index contributed by atoms with van der Waals surface area (Å²) >= 11 is 3.42. The number of nitrogens with zero attached hydrogens (tertiary/aromatic N) is 1. The van der Waals surface area contributed by atoms with E-state index in [2.05, 4.69) is 21.2 Å². The number of halogens is 1. The van der Waals surface area contributed by atoms with Gasteiger partial charge < -0.3 is 10.4 Å². The van der Waals surface area contributed by atoms with Gasteiger partial charge in [-0.25, -0.2) is 0 Å². The molecule has 1 amide bonds. The van der Waals surface area contributed by atoms with Crippen LogP contribution in [0.1, 0.15) is 12.5 Å². The summed E-state index contributed by atoms with van der Waals surface area (Å²) in [5.41, 5.74) is 1.84. The number of benzene rings is 1. The smallest absolute Gasteiger partial charge is 0.306 e. The van der Waals surface area contributed by atoms with Crippen molar-refractivity contribution >= 4 is 33.5 Å². The van der Waals surface area contributed by atoms with Gasteiger partial charge in [-0.1, -0.05) is 22.9 Å². The molecule has 1 aliphatic heterocycles. The zero-order valence-electron chi connectivity index (χ0n) is 12.1. The van der Waals surface area contributed by atoms with Crippen molar-refractivity contribution in [1.29, 1.82) is 0 Å². The van der Waals surface area contributed by atoms with Crippen molar-refractivity contribution in [3.05, 3.63) is 28.2 Å².